The van der Waals surface area contributed by atoms with Crippen molar-refractivity contribution in [3.05, 3.63) is 24.7 Å². The van der Waals surface area contributed by atoms with Gasteiger partial charge in [-0.15, -0.1) is 0 Å². The highest BCUT2D eigenvalue weighted by molar-refractivity contribution is 6.04. The van der Waals surface area contributed by atoms with Crippen LogP contribution in [-0.2, 0) is 44.6 Å². The summed E-state index contributed by atoms with van der Waals surface area (Å²) < 4.78 is 33.0. The van der Waals surface area contributed by atoms with Gasteiger partial charge in [0, 0.05) is 50.2 Å². The molecule has 0 radical (unpaired) electrons. The number of carbonyl (C=O) groups excluding carboxylic acids is 4. The number of ether oxygens (including phenoxy) is 5. The van der Waals surface area contributed by atoms with Gasteiger partial charge in [-0.25, -0.2) is 14.8 Å². The minimum atomic E-state index is -1.66. The number of cyclic esters (lactones) is 1. The molecule has 2 aromatic rings. The predicted octanol–water partition coefficient (Wildman–Crippen LogP) is 4.42. The van der Waals surface area contributed by atoms with Gasteiger partial charge in [-0.1, -0.05) is 27.7 Å². The number of aliphatic hydroxyl groups is 1. The number of unbranched alkanes of at least 4 members (excludes halogenated alkanes) is 1. The molecule has 312 valence electrons. The Morgan fingerprint density at radius 1 is 1.00 bits per heavy atom. The van der Waals surface area contributed by atoms with Crippen LogP contribution in [0.4, 0.5) is 4.79 Å². The molecule has 15 nitrogen and oxygen atoms in total. The summed E-state index contributed by atoms with van der Waals surface area (Å²) in [5, 5.41) is 11.5. The number of imidazole rings is 1. The Morgan fingerprint density at radius 2 is 1.70 bits per heavy atom. The fraction of sp³-hybridized carbons (Fsp3) is 0.756. The molecule has 5 heterocycles. The quantitative estimate of drug-likeness (QED) is 0.204. The standard InChI is InChI=1S/C41H63N5O10/c1-12-29-33-30(46(39(51)55-33)19-14-13-18-45-22-43-27-16-15-17-42-36(27)45)25(4)31(47)23(2)21-41(8,52-11)35(26(5)34(49)40(6,7)38(50)54-29)56-37-32(48)28(44(9)10)20-24(3)53-37/h15-17,22-26,28-30,32-33,35,37,48H,12-14,18-21H2,1-11H3/t23-,24?,25-,26?,28?,29?,30?,32-,33?,35-,37?,41+/m1/s1. The van der Waals surface area contributed by atoms with Crippen molar-refractivity contribution in [3.63, 3.8) is 0 Å². The number of hydrogen-bond acceptors (Lipinski definition) is 13. The van der Waals surface area contributed by atoms with E-state index >= 15 is 0 Å². The summed E-state index contributed by atoms with van der Waals surface area (Å²) in [6.07, 6.45) is -0.206. The van der Waals surface area contributed by atoms with Crippen LogP contribution in [0.25, 0.3) is 11.2 Å². The van der Waals surface area contributed by atoms with Crippen LogP contribution in [0, 0.1) is 23.2 Å². The second-order valence-corrected chi connectivity index (χ2v) is 17.1. The van der Waals surface area contributed by atoms with Gasteiger partial charge in [-0.3, -0.25) is 14.4 Å². The van der Waals surface area contributed by atoms with Gasteiger partial charge in [-0.05, 0) is 86.0 Å². The third-order valence-electron chi connectivity index (χ3n) is 12.4. The first-order valence-electron chi connectivity index (χ1n) is 20.1. The number of aryl methyl sites for hydroxylation is 1. The van der Waals surface area contributed by atoms with Crippen LogP contribution in [0.2, 0.25) is 0 Å². The molecule has 0 bridgehead atoms. The third kappa shape index (κ3) is 8.66. The number of aliphatic hydroxyl groups excluding tert-OH is 1. The molecule has 3 fully saturated rings. The molecule has 1 amide bonds. The normalized spacial score (nSPS) is 36.0. The Morgan fingerprint density at radius 3 is 2.36 bits per heavy atom. The highest BCUT2D eigenvalue weighted by Crippen LogP contribution is 2.41. The van der Waals surface area contributed by atoms with Gasteiger partial charge in [0.15, 0.2) is 23.8 Å². The van der Waals surface area contributed by atoms with Gasteiger partial charge in [-0.2, -0.15) is 0 Å². The zero-order chi connectivity index (χ0) is 41.3. The van der Waals surface area contributed by atoms with Gasteiger partial charge in [0.2, 0.25) is 0 Å². The molecule has 3 aliphatic heterocycles. The zero-order valence-corrected chi connectivity index (χ0v) is 35.0. The molecule has 0 spiro atoms. The molecule has 56 heavy (non-hydrogen) atoms. The largest absolute Gasteiger partial charge is 0.458 e. The molecule has 5 rings (SSSR count). The molecule has 12 atom stereocenters. The number of hydrogen-bond donors (Lipinski definition) is 1. The molecule has 3 saturated heterocycles. The summed E-state index contributed by atoms with van der Waals surface area (Å²) >= 11 is 0. The van der Waals surface area contributed by atoms with E-state index in [0.29, 0.717) is 32.4 Å². The number of nitrogens with zero attached hydrogens (tertiary/aromatic N) is 5. The van der Waals surface area contributed by atoms with E-state index in [1.54, 1.807) is 38.2 Å². The lowest BCUT2D eigenvalue weighted by molar-refractivity contribution is -0.295. The smallest absolute Gasteiger partial charge is 0.410 e. The Kier molecular flexibility index (Phi) is 13.7. The zero-order valence-electron chi connectivity index (χ0n) is 35.0. The number of ketones is 2. The fourth-order valence-corrected chi connectivity index (χ4v) is 8.97. The Bertz CT molecular complexity index is 1720. The summed E-state index contributed by atoms with van der Waals surface area (Å²) in [6.45, 7) is 14.7. The lowest BCUT2D eigenvalue weighted by Gasteiger charge is -2.47. The van der Waals surface area contributed by atoms with Gasteiger partial charge in [0.1, 0.15) is 28.9 Å². The fourth-order valence-electron chi connectivity index (χ4n) is 8.97. The summed E-state index contributed by atoms with van der Waals surface area (Å²) in [7, 11) is 5.24. The van der Waals surface area contributed by atoms with E-state index in [-0.39, 0.29) is 30.8 Å². The van der Waals surface area contributed by atoms with E-state index in [4.69, 9.17) is 23.7 Å². The van der Waals surface area contributed by atoms with Crippen LogP contribution in [0.5, 0.6) is 0 Å². The van der Waals surface area contributed by atoms with Crippen molar-refractivity contribution in [2.75, 3.05) is 27.7 Å². The van der Waals surface area contributed by atoms with E-state index in [2.05, 4.69) is 9.97 Å². The number of fused-ring (bicyclic) bond motifs is 2. The van der Waals surface area contributed by atoms with Crippen LogP contribution < -0.4 is 0 Å². The van der Waals surface area contributed by atoms with E-state index in [0.717, 1.165) is 11.2 Å². The SMILES string of the molecule is CCC1OC(=O)C(C)(C)C(=O)C(C)[C@@H](OC2OC(C)CC(N(C)C)[C@H]2O)[C@@](C)(OC)C[C@@H](C)C(=O)[C@H](C)C2C1OC(=O)N2CCCCn1cnc2cccnc21. The molecule has 7 unspecified atom stereocenters. The van der Waals surface area contributed by atoms with Crippen molar-refractivity contribution in [3.8, 4) is 0 Å². The average molecular weight is 786 g/mol. The van der Waals surface area contributed by atoms with E-state index in [9.17, 15) is 24.3 Å². The van der Waals surface area contributed by atoms with Gasteiger partial charge in [0.05, 0.1) is 30.2 Å². The monoisotopic (exact) mass is 785 g/mol. The lowest BCUT2D eigenvalue weighted by Crippen LogP contribution is -2.60. The molecule has 0 saturated carbocycles. The maximum absolute atomic E-state index is 14.6. The van der Waals surface area contributed by atoms with Crippen molar-refractivity contribution in [1.29, 1.82) is 0 Å². The molecule has 3 aliphatic rings. The Hall–Kier alpha value is -3.50. The highest BCUT2D eigenvalue weighted by Gasteiger charge is 2.55. The topological polar surface area (TPSA) is 172 Å². The molecule has 2 aromatic heterocycles. The van der Waals surface area contributed by atoms with Crippen molar-refractivity contribution >= 4 is 34.8 Å². The van der Waals surface area contributed by atoms with Crippen molar-refractivity contribution in [1.82, 2.24) is 24.3 Å². The first-order valence-corrected chi connectivity index (χ1v) is 20.1. The van der Waals surface area contributed by atoms with Crippen LogP contribution in [0.3, 0.4) is 0 Å². The highest BCUT2D eigenvalue weighted by atomic mass is 16.7. The van der Waals surface area contributed by atoms with Crippen molar-refractivity contribution < 1.29 is 48.0 Å². The molecule has 15 heteroatoms. The van der Waals surface area contributed by atoms with Crippen molar-refractivity contribution in [2.24, 2.45) is 23.2 Å². The summed E-state index contributed by atoms with van der Waals surface area (Å²) in [4.78, 5) is 69.3. The summed E-state index contributed by atoms with van der Waals surface area (Å²) in [5.41, 5.74) is -1.35. The Labute approximate surface area is 330 Å². The lowest BCUT2D eigenvalue weighted by atomic mass is 9.72. The van der Waals surface area contributed by atoms with E-state index in [1.807, 2.05) is 56.5 Å². The van der Waals surface area contributed by atoms with Crippen LogP contribution in [0.15, 0.2) is 24.7 Å². The molecule has 0 aromatic carbocycles. The molecule has 1 N–H and O–H groups in total. The number of Topliss-reactive ketones (excluding diaryl/α,β-unsaturated/α-hetero) is 2. The minimum Gasteiger partial charge on any atom is -0.458 e. The number of esters is 1. The first kappa shape index (κ1) is 43.6. The van der Waals surface area contributed by atoms with Gasteiger partial charge < -0.3 is 43.2 Å². The second-order valence-electron chi connectivity index (χ2n) is 17.1. The minimum absolute atomic E-state index is 0.131. The maximum Gasteiger partial charge on any atom is 0.410 e. The predicted molar refractivity (Wildman–Crippen MR) is 206 cm³/mol. The summed E-state index contributed by atoms with van der Waals surface area (Å²) in [5.74, 6) is -3.73. The number of likely N-dealkylation sites (N-methyl/N-ethyl adjacent to an activating group) is 1. The number of aromatic nitrogens is 3. The number of rotatable bonds is 10. The third-order valence-corrected chi connectivity index (χ3v) is 12.4. The number of amides is 1. The molecule has 0 aliphatic carbocycles. The van der Waals surface area contributed by atoms with Crippen LogP contribution in [0.1, 0.15) is 87.5 Å². The maximum atomic E-state index is 14.6. The van der Waals surface area contributed by atoms with Crippen LogP contribution in [-0.4, -0.2) is 135 Å². The second kappa shape index (κ2) is 17.6. The van der Waals surface area contributed by atoms with E-state index < -0.39 is 83.4 Å². The summed E-state index contributed by atoms with van der Waals surface area (Å²) in [6, 6.07) is 2.71. The Balaban J connectivity index is 1.46. The van der Waals surface area contributed by atoms with Gasteiger partial charge in [0.25, 0.3) is 0 Å². The molecular weight excluding hydrogens is 722 g/mol. The number of carbonyl (C=O) groups is 4. The van der Waals surface area contributed by atoms with Crippen molar-refractivity contribution in [2.45, 2.75) is 149 Å². The number of methoxy groups -OCH3 is 1. The number of pyridine rings is 1. The molecular formula is C41H63N5O10. The average Bonchev–Trinajstić information content (AvgIpc) is 3.73. The van der Waals surface area contributed by atoms with Crippen LogP contribution >= 0.6 is 0 Å². The van der Waals surface area contributed by atoms with Gasteiger partial charge >= 0.3 is 12.1 Å². The first-order chi connectivity index (χ1) is 26.4. The van der Waals surface area contributed by atoms with E-state index in [1.165, 1.54) is 21.0 Å².